The molecule has 1 saturated heterocycles. The number of ether oxygens (including phenoxy) is 1. The van der Waals surface area contributed by atoms with Crippen LogP contribution < -0.4 is 5.32 Å². The Morgan fingerprint density at radius 3 is 2.35 bits per heavy atom. The average Bonchev–Trinajstić information content (AvgIpc) is 2.48. The van der Waals surface area contributed by atoms with E-state index in [0.717, 1.165) is 38.8 Å². The first-order chi connectivity index (χ1) is 9.69. The second-order valence-corrected chi connectivity index (χ2v) is 5.98. The third kappa shape index (κ3) is 4.47. The zero-order valence-corrected chi connectivity index (χ0v) is 12.4. The lowest BCUT2D eigenvalue weighted by Crippen LogP contribution is -2.45. The summed E-state index contributed by atoms with van der Waals surface area (Å²) in [5.74, 6) is 0.0300. The first-order valence-corrected chi connectivity index (χ1v) is 7.78. The Bertz CT molecular complexity index is 332. The summed E-state index contributed by atoms with van der Waals surface area (Å²) in [7, 11) is 1.44. The van der Waals surface area contributed by atoms with Crippen LogP contribution in [-0.2, 0) is 14.3 Å². The Morgan fingerprint density at radius 1 is 1.10 bits per heavy atom. The Labute approximate surface area is 121 Å². The van der Waals surface area contributed by atoms with Gasteiger partial charge in [-0.05, 0) is 38.8 Å². The molecule has 0 aromatic carbocycles. The SMILES string of the molecule is COC(=O)C1CCN(CC(=O)NC2CCCCC2)CC1. The van der Waals surface area contributed by atoms with Crippen LogP contribution >= 0.6 is 0 Å². The number of nitrogens with zero attached hydrogens (tertiary/aromatic N) is 1. The fraction of sp³-hybridized carbons (Fsp3) is 0.867. The number of methoxy groups -OCH3 is 1. The molecule has 1 amide bonds. The molecule has 1 aliphatic heterocycles. The van der Waals surface area contributed by atoms with Crippen molar-refractivity contribution in [3.05, 3.63) is 0 Å². The third-order valence-electron chi connectivity index (χ3n) is 4.46. The largest absolute Gasteiger partial charge is 0.469 e. The number of hydrogen-bond donors (Lipinski definition) is 1. The highest BCUT2D eigenvalue weighted by Crippen LogP contribution is 2.19. The molecule has 1 aliphatic carbocycles. The van der Waals surface area contributed by atoms with Crippen molar-refractivity contribution in [3.63, 3.8) is 0 Å². The molecule has 5 nitrogen and oxygen atoms in total. The first kappa shape index (κ1) is 15.3. The second-order valence-electron chi connectivity index (χ2n) is 5.98. The van der Waals surface area contributed by atoms with Gasteiger partial charge in [0.1, 0.15) is 0 Å². The Morgan fingerprint density at radius 2 is 1.75 bits per heavy atom. The zero-order valence-electron chi connectivity index (χ0n) is 12.4. The summed E-state index contributed by atoms with van der Waals surface area (Å²) in [5.41, 5.74) is 0. The van der Waals surface area contributed by atoms with Gasteiger partial charge in [0.2, 0.25) is 5.91 Å². The van der Waals surface area contributed by atoms with Gasteiger partial charge < -0.3 is 10.1 Å². The monoisotopic (exact) mass is 282 g/mol. The number of esters is 1. The lowest BCUT2D eigenvalue weighted by Gasteiger charge is -2.31. The van der Waals surface area contributed by atoms with Gasteiger partial charge in [-0.1, -0.05) is 19.3 Å². The number of piperidine rings is 1. The Kier molecular flexibility index (Phi) is 5.83. The van der Waals surface area contributed by atoms with Crippen LogP contribution in [0, 0.1) is 5.92 Å². The van der Waals surface area contributed by atoms with Crippen molar-refractivity contribution >= 4 is 11.9 Å². The molecule has 2 fully saturated rings. The van der Waals surface area contributed by atoms with E-state index in [1.54, 1.807) is 0 Å². The standard InChI is InChI=1S/C15H26N2O3/c1-20-15(19)12-7-9-17(10-8-12)11-14(18)16-13-5-3-2-4-6-13/h12-13H,2-11H2,1H3,(H,16,18). The first-order valence-electron chi connectivity index (χ1n) is 7.78. The predicted molar refractivity (Wildman–Crippen MR) is 76.2 cm³/mol. The molecular formula is C15H26N2O3. The van der Waals surface area contributed by atoms with E-state index in [0.29, 0.717) is 12.6 Å². The highest BCUT2D eigenvalue weighted by Gasteiger charge is 2.26. The summed E-state index contributed by atoms with van der Waals surface area (Å²) < 4.78 is 4.77. The summed E-state index contributed by atoms with van der Waals surface area (Å²) in [6.07, 6.45) is 7.59. The van der Waals surface area contributed by atoms with Crippen molar-refractivity contribution in [2.24, 2.45) is 5.92 Å². The van der Waals surface area contributed by atoms with Gasteiger partial charge in [-0.2, -0.15) is 0 Å². The molecule has 0 unspecified atom stereocenters. The van der Waals surface area contributed by atoms with E-state index in [1.807, 2.05) is 0 Å². The summed E-state index contributed by atoms with van der Waals surface area (Å²) >= 11 is 0. The van der Waals surface area contributed by atoms with Crippen molar-refractivity contribution in [1.29, 1.82) is 0 Å². The molecule has 1 heterocycles. The summed E-state index contributed by atoms with van der Waals surface area (Å²) in [4.78, 5) is 25.6. The number of carbonyl (C=O) groups excluding carboxylic acids is 2. The van der Waals surface area contributed by atoms with Crippen LogP contribution in [0.4, 0.5) is 0 Å². The lowest BCUT2D eigenvalue weighted by atomic mass is 9.95. The van der Waals surface area contributed by atoms with Gasteiger partial charge in [-0.15, -0.1) is 0 Å². The van der Waals surface area contributed by atoms with Crippen LogP contribution in [0.3, 0.4) is 0 Å². The van der Waals surface area contributed by atoms with Crippen molar-refractivity contribution in [1.82, 2.24) is 10.2 Å². The predicted octanol–water partition coefficient (Wildman–Crippen LogP) is 1.32. The summed E-state index contributed by atoms with van der Waals surface area (Å²) in [6, 6.07) is 0.379. The van der Waals surface area contributed by atoms with E-state index in [4.69, 9.17) is 4.74 Å². The second kappa shape index (κ2) is 7.62. The number of likely N-dealkylation sites (tertiary alicyclic amines) is 1. The van der Waals surface area contributed by atoms with Crippen molar-refractivity contribution in [3.8, 4) is 0 Å². The van der Waals surface area contributed by atoms with E-state index in [-0.39, 0.29) is 17.8 Å². The minimum Gasteiger partial charge on any atom is -0.469 e. The minimum absolute atomic E-state index is 0.0117. The molecule has 2 aliphatic rings. The number of hydrogen-bond acceptors (Lipinski definition) is 4. The smallest absolute Gasteiger partial charge is 0.308 e. The molecule has 0 bridgehead atoms. The molecule has 114 valence electrons. The van der Waals surface area contributed by atoms with Gasteiger partial charge in [0.25, 0.3) is 0 Å². The van der Waals surface area contributed by atoms with Crippen LogP contribution in [0.5, 0.6) is 0 Å². The fourth-order valence-electron chi connectivity index (χ4n) is 3.22. The van der Waals surface area contributed by atoms with Gasteiger partial charge in [-0.25, -0.2) is 0 Å². The van der Waals surface area contributed by atoms with E-state index in [1.165, 1.54) is 26.4 Å². The van der Waals surface area contributed by atoms with Gasteiger partial charge >= 0.3 is 5.97 Å². The van der Waals surface area contributed by atoms with Gasteiger partial charge in [0.15, 0.2) is 0 Å². The zero-order chi connectivity index (χ0) is 14.4. The highest BCUT2D eigenvalue weighted by molar-refractivity contribution is 5.78. The number of amides is 1. The van der Waals surface area contributed by atoms with Crippen LogP contribution in [0.15, 0.2) is 0 Å². The molecule has 1 saturated carbocycles. The van der Waals surface area contributed by atoms with Crippen LogP contribution in [0.2, 0.25) is 0 Å². The molecule has 0 radical (unpaired) electrons. The lowest BCUT2D eigenvalue weighted by molar-refractivity contribution is -0.147. The molecular weight excluding hydrogens is 256 g/mol. The van der Waals surface area contributed by atoms with E-state index in [9.17, 15) is 9.59 Å². The van der Waals surface area contributed by atoms with Gasteiger partial charge in [0, 0.05) is 6.04 Å². The maximum absolute atomic E-state index is 12.0. The van der Waals surface area contributed by atoms with E-state index < -0.39 is 0 Å². The number of carbonyl (C=O) groups is 2. The van der Waals surface area contributed by atoms with Crippen molar-refractivity contribution < 1.29 is 14.3 Å². The average molecular weight is 282 g/mol. The van der Waals surface area contributed by atoms with E-state index in [2.05, 4.69) is 10.2 Å². The normalized spacial score (nSPS) is 22.4. The maximum atomic E-state index is 12.0. The Hall–Kier alpha value is -1.10. The minimum atomic E-state index is -0.115. The van der Waals surface area contributed by atoms with Crippen LogP contribution in [0.1, 0.15) is 44.9 Å². The number of nitrogens with one attached hydrogen (secondary N) is 1. The third-order valence-corrected chi connectivity index (χ3v) is 4.46. The molecule has 0 aromatic rings. The topological polar surface area (TPSA) is 58.6 Å². The summed E-state index contributed by atoms with van der Waals surface area (Å²) in [6.45, 7) is 2.07. The highest BCUT2D eigenvalue weighted by atomic mass is 16.5. The van der Waals surface area contributed by atoms with Crippen molar-refractivity contribution in [2.45, 2.75) is 51.0 Å². The maximum Gasteiger partial charge on any atom is 0.308 e. The van der Waals surface area contributed by atoms with E-state index >= 15 is 0 Å². The number of rotatable bonds is 4. The fourth-order valence-corrected chi connectivity index (χ4v) is 3.22. The molecule has 0 aromatic heterocycles. The quantitative estimate of drug-likeness (QED) is 0.790. The van der Waals surface area contributed by atoms with Gasteiger partial charge in [0.05, 0.1) is 19.6 Å². The van der Waals surface area contributed by atoms with Crippen LogP contribution in [0.25, 0.3) is 0 Å². The molecule has 5 heteroatoms. The molecule has 0 atom stereocenters. The molecule has 20 heavy (non-hydrogen) atoms. The Balaban J connectivity index is 1.66. The van der Waals surface area contributed by atoms with Crippen molar-refractivity contribution in [2.75, 3.05) is 26.7 Å². The van der Waals surface area contributed by atoms with Crippen LogP contribution in [-0.4, -0.2) is 49.6 Å². The van der Waals surface area contributed by atoms with Gasteiger partial charge in [-0.3, -0.25) is 14.5 Å². The summed E-state index contributed by atoms with van der Waals surface area (Å²) in [5, 5.41) is 3.14. The molecule has 2 rings (SSSR count). The molecule has 1 N–H and O–H groups in total. The molecule has 0 spiro atoms.